The van der Waals surface area contributed by atoms with Crippen molar-refractivity contribution in [3.63, 3.8) is 0 Å². The van der Waals surface area contributed by atoms with Crippen LogP contribution in [0.5, 0.6) is 0 Å². The van der Waals surface area contributed by atoms with Gasteiger partial charge >= 0.3 is 0 Å². The third kappa shape index (κ3) is 1.67. The Labute approximate surface area is 83.3 Å². The highest BCUT2D eigenvalue weighted by atomic mass is 16.5. The number of rotatable bonds is 2. The zero-order valence-electron chi connectivity index (χ0n) is 8.53. The van der Waals surface area contributed by atoms with Gasteiger partial charge in [-0.1, -0.05) is 19.0 Å². The predicted molar refractivity (Wildman–Crippen MR) is 52.0 cm³/mol. The summed E-state index contributed by atoms with van der Waals surface area (Å²) < 4.78 is 5.19. The molecule has 2 heterocycles. The van der Waals surface area contributed by atoms with Crippen LogP contribution in [0.3, 0.4) is 0 Å². The van der Waals surface area contributed by atoms with Crippen LogP contribution >= 0.6 is 0 Å². The molecule has 2 rings (SSSR count). The lowest BCUT2D eigenvalue weighted by molar-refractivity contribution is 0.156. The zero-order chi connectivity index (χ0) is 10.1. The van der Waals surface area contributed by atoms with Crippen molar-refractivity contribution in [3.05, 3.63) is 17.5 Å². The molecule has 0 aliphatic carbocycles. The Morgan fingerprint density at radius 3 is 2.93 bits per heavy atom. The van der Waals surface area contributed by atoms with Gasteiger partial charge in [0.2, 0.25) is 0 Å². The van der Waals surface area contributed by atoms with E-state index in [1.54, 1.807) is 0 Å². The monoisotopic (exact) mass is 196 g/mol. The minimum Gasteiger partial charge on any atom is -0.391 e. The van der Waals surface area contributed by atoms with Crippen molar-refractivity contribution >= 4 is 0 Å². The van der Waals surface area contributed by atoms with Crippen LogP contribution in [-0.4, -0.2) is 22.9 Å². The molecule has 0 amide bonds. The molecule has 1 saturated heterocycles. The maximum Gasteiger partial charge on any atom is 0.139 e. The Hall–Kier alpha value is -0.870. The molecular formula is C10H16N2O2. The van der Waals surface area contributed by atoms with Crippen molar-refractivity contribution in [2.24, 2.45) is 0 Å². The maximum absolute atomic E-state index is 9.65. The molecule has 4 heteroatoms. The van der Waals surface area contributed by atoms with Crippen LogP contribution in [0.25, 0.3) is 0 Å². The van der Waals surface area contributed by atoms with Crippen LogP contribution in [0.15, 0.2) is 10.6 Å². The second kappa shape index (κ2) is 3.71. The first-order valence-corrected chi connectivity index (χ1v) is 5.06. The molecule has 1 aliphatic rings. The van der Waals surface area contributed by atoms with Gasteiger partial charge in [-0.3, -0.25) is 0 Å². The Bertz CT molecular complexity index is 309. The van der Waals surface area contributed by atoms with Crippen LogP contribution in [0.1, 0.15) is 43.7 Å². The lowest BCUT2D eigenvalue weighted by Crippen LogP contribution is -2.21. The SMILES string of the molecule is CC(C)c1cc(C2NCCC2O)no1. The smallest absolute Gasteiger partial charge is 0.139 e. The topological polar surface area (TPSA) is 58.3 Å². The van der Waals surface area contributed by atoms with E-state index in [1.807, 2.05) is 6.07 Å². The molecule has 1 aromatic rings. The number of aliphatic hydroxyl groups excluding tert-OH is 1. The van der Waals surface area contributed by atoms with Gasteiger partial charge in [-0.2, -0.15) is 0 Å². The van der Waals surface area contributed by atoms with Crippen LogP contribution in [0, 0.1) is 0 Å². The maximum atomic E-state index is 9.65. The fourth-order valence-corrected chi connectivity index (χ4v) is 1.71. The van der Waals surface area contributed by atoms with Crippen LogP contribution < -0.4 is 5.32 Å². The lowest BCUT2D eigenvalue weighted by Gasteiger charge is -2.09. The fourth-order valence-electron chi connectivity index (χ4n) is 1.71. The average molecular weight is 196 g/mol. The van der Waals surface area contributed by atoms with Gasteiger partial charge in [0.1, 0.15) is 11.5 Å². The number of hydrogen-bond acceptors (Lipinski definition) is 4. The summed E-state index contributed by atoms with van der Waals surface area (Å²) in [5.41, 5.74) is 0.818. The Balaban J connectivity index is 2.16. The van der Waals surface area contributed by atoms with Crippen LogP contribution in [0.2, 0.25) is 0 Å². The third-order valence-electron chi connectivity index (χ3n) is 2.62. The highest BCUT2D eigenvalue weighted by Gasteiger charge is 2.29. The van der Waals surface area contributed by atoms with Crippen molar-refractivity contribution in [1.82, 2.24) is 10.5 Å². The van der Waals surface area contributed by atoms with E-state index in [2.05, 4.69) is 24.3 Å². The first kappa shape index (κ1) is 9.68. The highest BCUT2D eigenvalue weighted by Crippen LogP contribution is 2.25. The summed E-state index contributed by atoms with van der Waals surface area (Å²) in [4.78, 5) is 0. The summed E-state index contributed by atoms with van der Waals surface area (Å²) >= 11 is 0. The second-order valence-corrected chi connectivity index (χ2v) is 4.10. The Morgan fingerprint density at radius 2 is 2.43 bits per heavy atom. The normalized spacial score (nSPS) is 27.4. The summed E-state index contributed by atoms with van der Waals surface area (Å²) in [7, 11) is 0. The van der Waals surface area contributed by atoms with Gasteiger partial charge in [0.25, 0.3) is 0 Å². The molecular weight excluding hydrogens is 180 g/mol. The number of aromatic nitrogens is 1. The van der Waals surface area contributed by atoms with Gasteiger partial charge in [-0.05, 0) is 13.0 Å². The summed E-state index contributed by atoms with van der Waals surface area (Å²) in [5.74, 6) is 1.22. The van der Waals surface area contributed by atoms with Crippen molar-refractivity contribution in [2.45, 2.75) is 38.3 Å². The van der Waals surface area contributed by atoms with Crippen molar-refractivity contribution in [3.8, 4) is 0 Å². The van der Waals surface area contributed by atoms with Crippen molar-refractivity contribution < 1.29 is 9.63 Å². The van der Waals surface area contributed by atoms with E-state index in [0.29, 0.717) is 5.92 Å². The Morgan fingerprint density at radius 1 is 1.64 bits per heavy atom. The van der Waals surface area contributed by atoms with Crippen molar-refractivity contribution in [2.75, 3.05) is 6.54 Å². The van der Waals surface area contributed by atoms with E-state index in [0.717, 1.165) is 24.4 Å². The molecule has 0 aromatic carbocycles. The van der Waals surface area contributed by atoms with Gasteiger partial charge in [0.15, 0.2) is 0 Å². The molecule has 0 radical (unpaired) electrons. The first-order chi connectivity index (χ1) is 6.68. The number of aliphatic hydroxyl groups is 1. The predicted octanol–water partition coefficient (Wildman–Crippen LogP) is 1.19. The first-order valence-electron chi connectivity index (χ1n) is 5.06. The van der Waals surface area contributed by atoms with E-state index < -0.39 is 0 Å². The molecule has 0 spiro atoms. The second-order valence-electron chi connectivity index (χ2n) is 4.10. The summed E-state index contributed by atoms with van der Waals surface area (Å²) in [5, 5.41) is 16.8. The van der Waals surface area contributed by atoms with Gasteiger partial charge in [0.05, 0.1) is 12.1 Å². The van der Waals surface area contributed by atoms with Gasteiger partial charge in [-0.15, -0.1) is 0 Å². The Kier molecular flexibility index (Phi) is 2.56. The molecule has 1 aromatic heterocycles. The van der Waals surface area contributed by atoms with Crippen molar-refractivity contribution in [1.29, 1.82) is 0 Å². The summed E-state index contributed by atoms with van der Waals surface area (Å²) in [6.45, 7) is 4.96. The van der Waals surface area contributed by atoms with Crippen LogP contribution in [0.4, 0.5) is 0 Å². The van der Waals surface area contributed by atoms with E-state index in [1.165, 1.54) is 0 Å². The molecule has 2 atom stereocenters. The summed E-state index contributed by atoms with van der Waals surface area (Å²) in [6, 6.07) is 1.88. The largest absolute Gasteiger partial charge is 0.391 e. The number of nitrogens with one attached hydrogen (secondary N) is 1. The fraction of sp³-hybridized carbons (Fsp3) is 0.700. The lowest BCUT2D eigenvalue weighted by atomic mass is 10.1. The molecule has 2 N–H and O–H groups in total. The van der Waals surface area contributed by atoms with Crippen LogP contribution in [-0.2, 0) is 0 Å². The van der Waals surface area contributed by atoms with Gasteiger partial charge in [-0.25, -0.2) is 0 Å². The molecule has 0 saturated carbocycles. The molecule has 1 aliphatic heterocycles. The van der Waals surface area contributed by atoms with E-state index in [-0.39, 0.29) is 12.1 Å². The van der Waals surface area contributed by atoms with E-state index in [4.69, 9.17) is 4.52 Å². The van der Waals surface area contributed by atoms with Gasteiger partial charge in [0, 0.05) is 12.0 Å². The molecule has 2 unspecified atom stereocenters. The minimum atomic E-state index is -0.333. The standard InChI is InChI=1S/C10H16N2O2/c1-6(2)9-5-7(12-14-9)10-8(13)3-4-11-10/h5-6,8,10-11,13H,3-4H2,1-2H3. The molecule has 1 fully saturated rings. The molecule has 78 valence electrons. The number of nitrogens with zero attached hydrogens (tertiary/aromatic N) is 1. The minimum absolute atomic E-state index is 0.0498. The third-order valence-corrected chi connectivity index (χ3v) is 2.62. The number of hydrogen-bond donors (Lipinski definition) is 2. The quantitative estimate of drug-likeness (QED) is 0.746. The highest BCUT2D eigenvalue weighted by molar-refractivity contribution is 5.15. The molecule has 14 heavy (non-hydrogen) atoms. The molecule has 0 bridgehead atoms. The van der Waals surface area contributed by atoms with E-state index in [9.17, 15) is 5.11 Å². The zero-order valence-corrected chi connectivity index (χ0v) is 8.53. The average Bonchev–Trinajstić information content (AvgIpc) is 2.71. The summed E-state index contributed by atoms with van der Waals surface area (Å²) in [6.07, 6.45) is 0.453. The molecule has 4 nitrogen and oxygen atoms in total. The van der Waals surface area contributed by atoms with E-state index >= 15 is 0 Å². The van der Waals surface area contributed by atoms with Gasteiger partial charge < -0.3 is 14.9 Å².